The van der Waals surface area contributed by atoms with Crippen molar-refractivity contribution in [2.75, 3.05) is 0 Å². The molecule has 2 rings (SSSR count). The highest BCUT2D eigenvalue weighted by Gasteiger charge is 2.15. The smallest absolute Gasteiger partial charge is 0.00863 e. The van der Waals surface area contributed by atoms with Crippen molar-refractivity contribution in [1.82, 2.24) is 0 Å². The summed E-state index contributed by atoms with van der Waals surface area (Å²) in [6.07, 6.45) is 12.9. The van der Waals surface area contributed by atoms with Gasteiger partial charge in [-0.05, 0) is 24.0 Å². The molecular formula is C14H14. The summed E-state index contributed by atoms with van der Waals surface area (Å²) in [6.45, 7) is 0. The summed E-state index contributed by atoms with van der Waals surface area (Å²) >= 11 is 0. The van der Waals surface area contributed by atoms with E-state index in [2.05, 4.69) is 42.3 Å². The molecule has 0 saturated carbocycles. The molecule has 1 aliphatic rings. The van der Waals surface area contributed by atoms with Crippen molar-refractivity contribution in [2.24, 2.45) is 0 Å². The Morgan fingerprint density at radius 1 is 1.29 bits per heavy atom. The number of rotatable bonds is 3. The molecule has 0 aromatic heterocycles. The molecule has 1 aromatic carbocycles. The summed E-state index contributed by atoms with van der Waals surface area (Å²) < 4.78 is 0. The molecule has 0 saturated heterocycles. The predicted molar refractivity (Wildman–Crippen MR) is 60.9 cm³/mol. The van der Waals surface area contributed by atoms with E-state index in [1.165, 1.54) is 17.5 Å². The Balaban J connectivity index is 2.04. The van der Waals surface area contributed by atoms with Crippen LogP contribution in [0.2, 0.25) is 0 Å². The minimum absolute atomic E-state index is 0.597. The lowest BCUT2D eigenvalue weighted by molar-refractivity contribution is 0.698. The molecule has 1 aliphatic carbocycles. The van der Waals surface area contributed by atoms with Gasteiger partial charge in [-0.1, -0.05) is 36.4 Å². The highest BCUT2D eigenvalue weighted by Crippen LogP contribution is 2.33. The van der Waals surface area contributed by atoms with E-state index >= 15 is 0 Å². The summed E-state index contributed by atoms with van der Waals surface area (Å²) in [5, 5.41) is 0. The zero-order chi connectivity index (χ0) is 9.80. The second kappa shape index (κ2) is 4.15. The van der Waals surface area contributed by atoms with Crippen molar-refractivity contribution in [2.45, 2.75) is 25.2 Å². The molecule has 0 amide bonds. The Kier molecular flexibility index (Phi) is 2.70. The fraction of sp³-hybridized carbons (Fsp3) is 0.286. The molecule has 0 aliphatic heterocycles. The Hall–Kier alpha value is -1.48. The first-order chi connectivity index (χ1) is 6.92. The maximum Gasteiger partial charge on any atom is 0.00863 e. The van der Waals surface area contributed by atoms with Crippen LogP contribution in [-0.2, 0) is 0 Å². The van der Waals surface area contributed by atoms with Gasteiger partial charge in [-0.25, -0.2) is 0 Å². The molecule has 1 unspecified atom stereocenters. The fourth-order valence-electron chi connectivity index (χ4n) is 2.00. The van der Waals surface area contributed by atoms with Crippen LogP contribution in [0.15, 0.2) is 30.3 Å². The first-order valence-corrected chi connectivity index (χ1v) is 5.12. The standard InChI is InChI=1S/C14H14/c1-2-3-4-7-12-10-11-13-8-5-6-9-14(12)13/h1,5-6,8-12H,3-4,7H2. The molecule has 0 radical (unpaired) electrons. The normalized spacial score (nSPS) is 17.8. The van der Waals surface area contributed by atoms with Crippen molar-refractivity contribution in [3.05, 3.63) is 41.5 Å². The third-order valence-electron chi connectivity index (χ3n) is 2.74. The number of fused-ring (bicyclic) bond motifs is 1. The van der Waals surface area contributed by atoms with E-state index in [-0.39, 0.29) is 0 Å². The van der Waals surface area contributed by atoms with Crippen LogP contribution in [0.4, 0.5) is 0 Å². The number of benzene rings is 1. The van der Waals surface area contributed by atoms with Crippen LogP contribution in [0, 0.1) is 12.3 Å². The average molecular weight is 182 g/mol. The number of unbranched alkanes of at least 4 members (excludes halogenated alkanes) is 1. The SMILES string of the molecule is C#CCCCC1C=Cc2ccccc21. The molecule has 0 fully saturated rings. The molecule has 14 heavy (non-hydrogen) atoms. The number of hydrogen-bond acceptors (Lipinski definition) is 0. The van der Waals surface area contributed by atoms with Gasteiger partial charge in [-0.3, -0.25) is 0 Å². The first kappa shape index (κ1) is 9.09. The largest absolute Gasteiger partial charge is 0.120 e. The van der Waals surface area contributed by atoms with E-state index in [9.17, 15) is 0 Å². The van der Waals surface area contributed by atoms with Crippen molar-refractivity contribution >= 4 is 6.08 Å². The minimum atomic E-state index is 0.597. The maximum absolute atomic E-state index is 5.24. The monoisotopic (exact) mass is 182 g/mol. The van der Waals surface area contributed by atoms with Gasteiger partial charge < -0.3 is 0 Å². The Labute approximate surface area is 85.7 Å². The second-order valence-electron chi connectivity index (χ2n) is 3.69. The van der Waals surface area contributed by atoms with E-state index in [1.54, 1.807) is 0 Å². The topological polar surface area (TPSA) is 0 Å². The lowest BCUT2D eigenvalue weighted by Gasteiger charge is -2.09. The number of allylic oxidation sites excluding steroid dienone is 1. The summed E-state index contributed by atoms with van der Waals surface area (Å²) in [6, 6.07) is 8.59. The summed E-state index contributed by atoms with van der Waals surface area (Å²) in [7, 11) is 0. The molecule has 0 spiro atoms. The molecule has 0 bridgehead atoms. The third kappa shape index (κ3) is 1.72. The molecule has 0 nitrogen and oxygen atoms in total. The second-order valence-corrected chi connectivity index (χ2v) is 3.69. The molecule has 0 heteroatoms. The van der Waals surface area contributed by atoms with E-state index in [1.807, 2.05) is 0 Å². The van der Waals surface area contributed by atoms with Crippen LogP contribution >= 0.6 is 0 Å². The van der Waals surface area contributed by atoms with Crippen LogP contribution in [0.3, 0.4) is 0 Å². The highest BCUT2D eigenvalue weighted by molar-refractivity contribution is 5.62. The quantitative estimate of drug-likeness (QED) is 0.495. The molecular weight excluding hydrogens is 168 g/mol. The molecule has 1 atom stereocenters. The van der Waals surface area contributed by atoms with Crippen molar-refractivity contribution in [3.63, 3.8) is 0 Å². The Morgan fingerprint density at radius 2 is 2.14 bits per heavy atom. The molecule has 70 valence electrons. The van der Waals surface area contributed by atoms with Crippen molar-refractivity contribution in [1.29, 1.82) is 0 Å². The van der Waals surface area contributed by atoms with Gasteiger partial charge >= 0.3 is 0 Å². The van der Waals surface area contributed by atoms with Gasteiger partial charge in [-0.2, -0.15) is 0 Å². The number of hydrogen-bond donors (Lipinski definition) is 0. The molecule has 1 aromatic rings. The zero-order valence-corrected chi connectivity index (χ0v) is 8.24. The summed E-state index contributed by atoms with van der Waals surface area (Å²) in [5.41, 5.74) is 2.84. The maximum atomic E-state index is 5.24. The summed E-state index contributed by atoms with van der Waals surface area (Å²) in [4.78, 5) is 0. The van der Waals surface area contributed by atoms with Crippen LogP contribution in [0.25, 0.3) is 6.08 Å². The van der Waals surface area contributed by atoms with E-state index in [0.29, 0.717) is 5.92 Å². The average Bonchev–Trinajstić information content (AvgIpc) is 2.63. The molecule has 0 N–H and O–H groups in total. The lowest BCUT2D eigenvalue weighted by atomic mass is 9.95. The van der Waals surface area contributed by atoms with E-state index < -0.39 is 0 Å². The zero-order valence-electron chi connectivity index (χ0n) is 8.24. The van der Waals surface area contributed by atoms with Gasteiger partial charge in [0, 0.05) is 12.3 Å². The number of terminal acetylenes is 1. The van der Waals surface area contributed by atoms with E-state index in [4.69, 9.17) is 6.42 Å². The van der Waals surface area contributed by atoms with Gasteiger partial charge in [0.25, 0.3) is 0 Å². The van der Waals surface area contributed by atoms with Crippen LogP contribution in [0.1, 0.15) is 36.3 Å². The third-order valence-corrected chi connectivity index (χ3v) is 2.74. The molecule has 0 heterocycles. The Morgan fingerprint density at radius 3 is 3.00 bits per heavy atom. The van der Waals surface area contributed by atoms with Crippen molar-refractivity contribution in [3.8, 4) is 12.3 Å². The van der Waals surface area contributed by atoms with Crippen LogP contribution in [-0.4, -0.2) is 0 Å². The van der Waals surface area contributed by atoms with E-state index in [0.717, 1.165) is 12.8 Å². The minimum Gasteiger partial charge on any atom is -0.120 e. The van der Waals surface area contributed by atoms with Crippen LogP contribution in [0.5, 0.6) is 0 Å². The van der Waals surface area contributed by atoms with Crippen LogP contribution < -0.4 is 0 Å². The summed E-state index contributed by atoms with van der Waals surface area (Å²) in [5.74, 6) is 3.29. The van der Waals surface area contributed by atoms with Gasteiger partial charge in [0.05, 0.1) is 0 Å². The van der Waals surface area contributed by atoms with Crippen molar-refractivity contribution < 1.29 is 0 Å². The first-order valence-electron chi connectivity index (χ1n) is 5.12. The van der Waals surface area contributed by atoms with Gasteiger partial charge in [0.1, 0.15) is 0 Å². The lowest BCUT2D eigenvalue weighted by Crippen LogP contribution is -1.92. The van der Waals surface area contributed by atoms with Gasteiger partial charge in [-0.15, -0.1) is 12.3 Å². The Bertz CT molecular complexity index is 379. The predicted octanol–water partition coefficient (Wildman–Crippen LogP) is 3.60. The van der Waals surface area contributed by atoms with Gasteiger partial charge in [0.2, 0.25) is 0 Å². The van der Waals surface area contributed by atoms with Gasteiger partial charge in [0.15, 0.2) is 0 Å². The fourth-order valence-corrected chi connectivity index (χ4v) is 2.00. The highest BCUT2D eigenvalue weighted by atomic mass is 14.2.